The molecule has 2 aromatic rings. The first-order valence-corrected chi connectivity index (χ1v) is 16.3. The average Bonchev–Trinajstić information content (AvgIpc) is 3.65. The van der Waals surface area contributed by atoms with Crippen LogP contribution in [0.2, 0.25) is 0 Å². The number of piperazine rings is 1. The minimum absolute atomic E-state index is 0.00809. The highest BCUT2D eigenvalue weighted by Crippen LogP contribution is 2.36. The highest BCUT2D eigenvalue weighted by Gasteiger charge is 2.47. The van der Waals surface area contributed by atoms with E-state index in [4.69, 9.17) is 9.73 Å². The van der Waals surface area contributed by atoms with E-state index >= 15 is 0 Å². The normalized spacial score (nSPS) is 22.7. The zero-order chi connectivity index (χ0) is 33.3. The van der Waals surface area contributed by atoms with Gasteiger partial charge in [0.25, 0.3) is 0 Å². The molecule has 3 atom stereocenters. The van der Waals surface area contributed by atoms with Crippen LogP contribution in [-0.4, -0.2) is 119 Å². The second-order valence-electron chi connectivity index (χ2n) is 12.6. The number of esters is 1. The minimum atomic E-state index is -1.01. The summed E-state index contributed by atoms with van der Waals surface area (Å²) in [6.45, 7) is 11.6. The van der Waals surface area contributed by atoms with Crippen LogP contribution in [-0.2, 0) is 19.1 Å². The highest BCUT2D eigenvalue weighted by molar-refractivity contribution is 7.11. The number of carboxylic acids is 1. The number of aliphatic carboxylic acids is 1. The van der Waals surface area contributed by atoms with Crippen molar-refractivity contribution in [3.8, 4) is 0 Å². The third-order valence-electron chi connectivity index (χ3n) is 8.94. The second-order valence-corrected chi connectivity index (χ2v) is 13.5. The van der Waals surface area contributed by atoms with Crippen LogP contribution in [0.3, 0.4) is 0 Å². The van der Waals surface area contributed by atoms with E-state index in [0.29, 0.717) is 66.0 Å². The number of rotatable bonds is 10. The molecule has 3 aliphatic heterocycles. The second kappa shape index (κ2) is 13.6. The largest absolute Gasteiger partial charge is 0.481 e. The van der Waals surface area contributed by atoms with Crippen LogP contribution in [0.1, 0.15) is 49.9 Å². The zero-order valence-corrected chi connectivity index (χ0v) is 27.9. The summed E-state index contributed by atoms with van der Waals surface area (Å²) in [5.74, 6) is -1.41. The van der Waals surface area contributed by atoms with Crippen molar-refractivity contribution in [2.45, 2.75) is 53.0 Å². The number of hydrogen-bond acceptors (Lipinski definition) is 11. The maximum absolute atomic E-state index is 14.8. The number of nitrogens with one attached hydrogen (secondary N) is 1. The number of aliphatic imine (C=N–C) groups is 1. The van der Waals surface area contributed by atoms with E-state index < -0.39 is 23.4 Å². The van der Waals surface area contributed by atoms with Gasteiger partial charge in [-0.1, -0.05) is 12.1 Å². The molecule has 3 aliphatic rings. The Balaban J connectivity index is 1.48. The number of thiazole rings is 1. The van der Waals surface area contributed by atoms with Crippen molar-refractivity contribution in [3.05, 3.63) is 63.0 Å². The van der Waals surface area contributed by atoms with Crippen LogP contribution in [0, 0.1) is 18.2 Å². The van der Waals surface area contributed by atoms with Gasteiger partial charge >= 0.3 is 11.9 Å². The van der Waals surface area contributed by atoms with Gasteiger partial charge in [0.2, 0.25) is 5.91 Å². The smallest absolute Gasteiger partial charge is 0.338 e. The molecular formula is C32H42FN7O5S. The lowest BCUT2D eigenvalue weighted by Crippen LogP contribution is -2.59. The van der Waals surface area contributed by atoms with E-state index in [0.717, 1.165) is 0 Å². The highest BCUT2D eigenvalue weighted by atomic mass is 32.1. The first-order valence-electron chi connectivity index (χ1n) is 15.4. The monoisotopic (exact) mass is 655 g/mol. The molecule has 0 bridgehead atoms. The van der Waals surface area contributed by atoms with Gasteiger partial charge < -0.3 is 20.1 Å². The van der Waals surface area contributed by atoms with Crippen LogP contribution in [0.25, 0.3) is 0 Å². The van der Waals surface area contributed by atoms with Gasteiger partial charge in [-0.2, -0.15) is 0 Å². The number of hydrogen-bond donors (Lipinski definition) is 2. The summed E-state index contributed by atoms with van der Waals surface area (Å²) in [6.07, 6.45) is 1.32. The maximum Gasteiger partial charge on any atom is 0.338 e. The summed E-state index contributed by atoms with van der Waals surface area (Å²) < 4.78 is 20.3. The summed E-state index contributed by atoms with van der Waals surface area (Å²) in [4.78, 5) is 55.7. The number of fused-ring (bicyclic) bond motifs is 1. The van der Waals surface area contributed by atoms with E-state index in [1.807, 2.05) is 5.38 Å². The zero-order valence-electron chi connectivity index (χ0n) is 27.1. The molecule has 2 saturated heterocycles. The van der Waals surface area contributed by atoms with Crippen molar-refractivity contribution in [1.29, 1.82) is 0 Å². The summed E-state index contributed by atoms with van der Waals surface area (Å²) in [5.41, 5.74) is 0.903. The lowest BCUT2D eigenvalue weighted by molar-refractivity contribution is -0.150. The topological polar surface area (TPSA) is 131 Å². The quantitative estimate of drug-likeness (QED) is 0.369. The van der Waals surface area contributed by atoms with Crippen molar-refractivity contribution in [3.63, 3.8) is 0 Å². The number of amidine groups is 1. The number of carboxylic acid groups (broad SMARTS) is 1. The molecule has 0 spiro atoms. The number of aromatic nitrogens is 1. The van der Waals surface area contributed by atoms with Gasteiger partial charge in [0.05, 0.1) is 17.6 Å². The van der Waals surface area contributed by atoms with Crippen LogP contribution in [0.5, 0.6) is 0 Å². The Morgan fingerprint density at radius 1 is 1.24 bits per heavy atom. The summed E-state index contributed by atoms with van der Waals surface area (Å²) in [5, 5.41) is 15.7. The van der Waals surface area contributed by atoms with E-state index in [9.17, 15) is 23.9 Å². The molecule has 0 saturated carbocycles. The molecule has 5 rings (SSSR count). The first kappa shape index (κ1) is 33.6. The Kier molecular flexibility index (Phi) is 9.92. The summed E-state index contributed by atoms with van der Waals surface area (Å²) >= 11 is 1.41. The molecule has 2 N–H and O–H groups in total. The average molecular weight is 656 g/mol. The fraction of sp³-hybridized carbons (Fsp3) is 0.531. The van der Waals surface area contributed by atoms with Crippen molar-refractivity contribution in [2.24, 2.45) is 10.4 Å². The molecule has 1 amide bonds. The van der Waals surface area contributed by atoms with Gasteiger partial charge in [0.1, 0.15) is 18.1 Å². The SMILES string of the molecule is CCOC(=O)C1=C(CN2CCN3C(C2)CN(CC(C)(C)C(=O)O)C3N(C)C(C)=O)NC(c2nccs2)=N[C@H]1c1cccc(F)c1C. The molecule has 1 aromatic heterocycles. The van der Waals surface area contributed by atoms with Gasteiger partial charge in [-0.3, -0.25) is 29.3 Å². The lowest BCUT2D eigenvalue weighted by Gasteiger charge is -2.43. The van der Waals surface area contributed by atoms with E-state index in [2.05, 4.69) is 25.0 Å². The third-order valence-corrected chi connectivity index (χ3v) is 9.72. The van der Waals surface area contributed by atoms with E-state index in [1.165, 1.54) is 24.3 Å². The molecule has 0 aliphatic carbocycles. The first-order chi connectivity index (χ1) is 21.8. The fourth-order valence-corrected chi connectivity index (χ4v) is 7.05. The van der Waals surface area contributed by atoms with Crippen LogP contribution >= 0.6 is 11.3 Å². The van der Waals surface area contributed by atoms with E-state index in [1.54, 1.807) is 58.0 Å². The summed E-state index contributed by atoms with van der Waals surface area (Å²) in [6, 6.07) is 3.99. The van der Waals surface area contributed by atoms with Crippen molar-refractivity contribution in [1.82, 2.24) is 29.9 Å². The van der Waals surface area contributed by atoms with Crippen LogP contribution < -0.4 is 5.32 Å². The predicted octanol–water partition coefficient (Wildman–Crippen LogP) is 2.67. The van der Waals surface area contributed by atoms with Gasteiger partial charge in [-0.05, 0) is 44.9 Å². The molecule has 2 unspecified atom stereocenters. The number of carbonyl (C=O) groups is 3. The molecule has 46 heavy (non-hydrogen) atoms. The Hall–Kier alpha value is -3.72. The van der Waals surface area contributed by atoms with Crippen molar-refractivity contribution >= 4 is 35.0 Å². The van der Waals surface area contributed by atoms with Crippen molar-refractivity contribution in [2.75, 3.05) is 52.9 Å². The molecule has 248 valence electrons. The number of halogens is 1. The van der Waals surface area contributed by atoms with E-state index in [-0.39, 0.29) is 37.2 Å². The molecular weight excluding hydrogens is 613 g/mol. The molecule has 1 aromatic carbocycles. The number of carbonyl (C=O) groups excluding carboxylic acids is 2. The molecule has 0 radical (unpaired) electrons. The third kappa shape index (κ3) is 6.70. The predicted molar refractivity (Wildman–Crippen MR) is 171 cm³/mol. The molecule has 12 nitrogen and oxygen atoms in total. The number of nitrogens with zero attached hydrogens (tertiary/aromatic N) is 6. The van der Waals surface area contributed by atoms with Gasteiger partial charge in [-0.15, -0.1) is 11.3 Å². The number of ether oxygens (including phenoxy) is 1. The minimum Gasteiger partial charge on any atom is -0.481 e. The molecule has 4 heterocycles. The number of benzene rings is 1. The van der Waals surface area contributed by atoms with Crippen LogP contribution in [0.15, 0.2) is 46.0 Å². The Morgan fingerprint density at radius 2 is 2.00 bits per heavy atom. The summed E-state index contributed by atoms with van der Waals surface area (Å²) in [7, 11) is 1.75. The lowest BCUT2D eigenvalue weighted by atomic mass is 9.92. The standard InChI is InChI=1S/C32H42FN7O5S/c1-7-45-29(42)25-24(35-27(28-34-11-14-46-28)36-26(25)22-9-8-10-23(33)19(22)2)17-38-12-13-40-21(15-38)16-39(18-32(4,5)30(43)44)31(40)37(6)20(3)41/h8-11,14,21,26,31H,7,12-13,15-18H2,1-6H3,(H,35,36)(H,43,44)/t21?,26-,31?/m0/s1. The van der Waals surface area contributed by atoms with Crippen molar-refractivity contribution < 1.29 is 28.6 Å². The van der Waals surface area contributed by atoms with Gasteiger partial charge in [-0.25, -0.2) is 14.2 Å². The Morgan fingerprint density at radius 3 is 2.65 bits per heavy atom. The Labute approximate surface area is 272 Å². The molecule has 2 fully saturated rings. The molecule has 14 heteroatoms. The number of amides is 1. The Bertz CT molecular complexity index is 1550. The van der Waals surface area contributed by atoms with Crippen LogP contribution in [0.4, 0.5) is 4.39 Å². The maximum atomic E-state index is 14.8. The van der Waals surface area contributed by atoms with Gasteiger partial charge in [0.15, 0.2) is 10.8 Å². The fourth-order valence-electron chi connectivity index (χ4n) is 6.46. The van der Waals surface area contributed by atoms with Gasteiger partial charge in [0, 0.05) is 76.6 Å².